The summed E-state index contributed by atoms with van der Waals surface area (Å²) >= 11 is 12.0. The van der Waals surface area contributed by atoms with Crippen LogP contribution in [0.1, 0.15) is 24.0 Å². The van der Waals surface area contributed by atoms with Crippen molar-refractivity contribution in [1.82, 2.24) is 10.2 Å². The highest BCUT2D eigenvalue weighted by Crippen LogP contribution is 2.20. The minimum Gasteiger partial charge on any atom is -0.352 e. The van der Waals surface area contributed by atoms with E-state index in [2.05, 4.69) is 5.32 Å². The van der Waals surface area contributed by atoms with Crippen molar-refractivity contribution in [2.24, 2.45) is 5.92 Å². The van der Waals surface area contributed by atoms with Crippen LogP contribution in [0.25, 0.3) is 0 Å². The first kappa shape index (κ1) is 19.7. The maximum atomic E-state index is 12.5. The van der Waals surface area contributed by atoms with Crippen LogP contribution in [0.15, 0.2) is 48.5 Å². The lowest BCUT2D eigenvalue weighted by Crippen LogP contribution is -2.46. The molecule has 1 saturated heterocycles. The van der Waals surface area contributed by atoms with E-state index >= 15 is 0 Å². The second kappa shape index (κ2) is 9.25. The van der Waals surface area contributed by atoms with Gasteiger partial charge in [0.05, 0.1) is 5.92 Å². The van der Waals surface area contributed by atoms with E-state index in [4.69, 9.17) is 23.2 Å². The van der Waals surface area contributed by atoms with Gasteiger partial charge < -0.3 is 10.2 Å². The van der Waals surface area contributed by atoms with Crippen molar-refractivity contribution >= 4 is 35.0 Å². The van der Waals surface area contributed by atoms with Gasteiger partial charge in [0.1, 0.15) is 0 Å². The first-order chi connectivity index (χ1) is 13.0. The quantitative estimate of drug-likeness (QED) is 0.787. The summed E-state index contributed by atoms with van der Waals surface area (Å²) in [6, 6.07) is 15.1. The number of benzene rings is 2. The maximum absolute atomic E-state index is 12.5. The molecule has 0 spiro atoms. The van der Waals surface area contributed by atoms with Gasteiger partial charge in [-0.2, -0.15) is 0 Å². The first-order valence-corrected chi connectivity index (χ1v) is 9.82. The maximum Gasteiger partial charge on any atom is 0.225 e. The largest absolute Gasteiger partial charge is 0.352 e. The number of hydrogen-bond donors (Lipinski definition) is 1. The summed E-state index contributed by atoms with van der Waals surface area (Å²) in [5.41, 5.74) is 2.01. The van der Waals surface area contributed by atoms with Gasteiger partial charge in [0, 0.05) is 36.1 Å². The number of nitrogens with one attached hydrogen (secondary N) is 1. The van der Waals surface area contributed by atoms with E-state index in [-0.39, 0.29) is 17.7 Å². The Morgan fingerprint density at radius 2 is 1.85 bits per heavy atom. The van der Waals surface area contributed by atoms with Gasteiger partial charge in [0.2, 0.25) is 11.8 Å². The highest BCUT2D eigenvalue weighted by atomic mass is 35.5. The Balaban J connectivity index is 1.52. The van der Waals surface area contributed by atoms with Crippen LogP contribution in [0.3, 0.4) is 0 Å². The van der Waals surface area contributed by atoms with Crippen LogP contribution in [0.5, 0.6) is 0 Å². The fraction of sp³-hybridized carbons (Fsp3) is 0.333. The topological polar surface area (TPSA) is 49.4 Å². The molecule has 4 nitrogen and oxygen atoms in total. The van der Waals surface area contributed by atoms with Crippen LogP contribution < -0.4 is 5.32 Å². The minimum atomic E-state index is -0.185. The molecular weight excluding hydrogens is 383 g/mol. The normalized spacial score (nSPS) is 17.0. The summed E-state index contributed by atoms with van der Waals surface area (Å²) in [5, 5.41) is 4.29. The number of carbonyl (C=O) groups is 2. The molecule has 0 aromatic heterocycles. The zero-order valence-corrected chi connectivity index (χ0v) is 16.5. The van der Waals surface area contributed by atoms with E-state index in [9.17, 15) is 9.59 Å². The molecule has 27 heavy (non-hydrogen) atoms. The molecule has 0 bridgehead atoms. The molecule has 2 aromatic carbocycles. The third-order valence-corrected chi connectivity index (χ3v) is 5.49. The van der Waals surface area contributed by atoms with Crippen molar-refractivity contribution < 1.29 is 9.59 Å². The number of nitrogens with zero attached hydrogens (tertiary/aromatic N) is 1. The van der Waals surface area contributed by atoms with Gasteiger partial charge in [-0.25, -0.2) is 0 Å². The summed E-state index contributed by atoms with van der Waals surface area (Å²) < 4.78 is 0. The fourth-order valence-electron chi connectivity index (χ4n) is 3.23. The fourth-order valence-corrected chi connectivity index (χ4v) is 3.56. The first-order valence-electron chi connectivity index (χ1n) is 9.06. The summed E-state index contributed by atoms with van der Waals surface area (Å²) in [6.45, 7) is 1.46. The van der Waals surface area contributed by atoms with E-state index in [1.165, 1.54) is 0 Å². The molecule has 1 aliphatic rings. The van der Waals surface area contributed by atoms with Crippen molar-refractivity contribution in [1.29, 1.82) is 0 Å². The molecule has 1 heterocycles. The third-order valence-electron chi connectivity index (χ3n) is 4.87. The minimum absolute atomic E-state index is 0.0288. The third kappa shape index (κ3) is 5.47. The van der Waals surface area contributed by atoms with Crippen LogP contribution in [0.2, 0.25) is 10.0 Å². The van der Waals surface area contributed by atoms with Crippen LogP contribution >= 0.6 is 23.2 Å². The van der Waals surface area contributed by atoms with Crippen LogP contribution in [0.4, 0.5) is 0 Å². The van der Waals surface area contributed by atoms with Gasteiger partial charge in [-0.3, -0.25) is 9.59 Å². The van der Waals surface area contributed by atoms with Crippen LogP contribution in [0, 0.1) is 5.92 Å². The number of amides is 2. The van der Waals surface area contributed by atoms with Gasteiger partial charge in [-0.15, -0.1) is 0 Å². The van der Waals surface area contributed by atoms with Crippen LogP contribution in [-0.4, -0.2) is 29.8 Å². The SMILES string of the molecule is O=C(NCc1ccccc1Cl)C1CCC(=O)N(CCc2ccc(Cl)cc2)C1. The number of halogens is 2. The molecule has 2 amide bonds. The lowest BCUT2D eigenvalue weighted by atomic mass is 9.96. The smallest absolute Gasteiger partial charge is 0.225 e. The molecule has 1 fully saturated rings. The zero-order valence-electron chi connectivity index (χ0n) is 15.0. The lowest BCUT2D eigenvalue weighted by molar-refractivity contribution is -0.138. The predicted octanol–water partition coefficient (Wildman–Crippen LogP) is 4.09. The Labute approximate surface area is 169 Å². The van der Waals surface area contributed by atoms with E-state index < -0.39 is 0 Å². The zero-order chi connectivity index (χ0) is 19.2. The Morgan fingerprint density at radius 1 is 1.11 bits per heavy atom. The second-order valence-corrected chi connectivity index (χ2v) is 7.60. The number of likely N-dealkylation sites (tertiary alicyclic amines) is 1. The molecule has 0 aliphatic carbocycles. The molecule has 142 valence electrons. The van der Waals surface area contributed by atoms with E-state index in [1.807, 2.05) is 42.5 Å². The number of rotatable bonds is 6. The van der Waals surface area contributed by atoms with Crippen molar-refractivity contribution in [3.05, 3.63) is 69.7 Å². The number of carbonyl (C=O) groups excluding carboxylic acids is 2. The Bertz CT molecular complexity index is 808. The van der Waals surface area contributed by atoms with Gasteiger partial charge >= 0.3 is 0 Å². The van der Waals surface area contributed by atoms with Crippen LogP contribution in [-0.2, 0) is 22.6 Å². The summed E-state index contributed by atoms with van der Waals surface area (Å²) in [6.07, 6.45) is 1.74. The Hall–Kier alpha value is -2.04. The monoisotopic (exact) mass is 404 g/mol. The summed E-state index contributed by atoms with van der Waals surface area (Å²) in [5.74, 6) is -0.103. The van der Waals surface area contributed by atoms with Gasteiger partial charge in [-0.05, 0) is 42.2 Å². The second-order valence-electron chi connectivity index (χ2n) is 6.76. The van der Waals surface area contributed by atoms with E-state index in [1.54, 1.807) is 11.0 Å². The highest BCUT2D eigenvalue weighted by molar-refractivity contribution is 6.31. The molecular formula is C21H22Cl2N2O2. The number of hydrogen-bond acceptors (Lipinski definition) is 2. The number of piperidine rings is 1. The standard InChI is InChI=1S/C21H22Cl2N2O2/c22-18-8-5-15(6-9-18)11-12-25-14-17(7-10-20(25)26)21(27)24-13-16-3-1-2-4-19(16)23/h1-6,8-9,17H,7,10-14H2,(H,24,27). The summed E-state index contributed by atoms with van der Waals surface area (Å²) in [7, 11) is 0. The lowest BCUT2D eigenvalue weighted by Gasteiger charge is -2.32. The molecule has 6 heteroatoms. The highest BCUT2D eigenvalue weighted by Gasteiger charge is 2.29. The predicted molar refractivity (Wildman–Crippen MR) is 108 cm³/mol. The molecule has 2 aromatic rings. The Kier molecular flexibility index (Phi) is 6.75. The van der Waals surface area contributed by atoms with Gasteiger partial charge in [0.15, 0.2) is 0 Å². The molecule has 3 rings (SSSR count). The average Bonchev–Trinajstić information content (AvgIpc) is 2.68. The molecule has 1 unspecified atom stereocenters. The molecule has 0 radical (unpaired) electrons. The summed E-state index contributed by atoms with van der Waals surface area (Å²) in [4.78, 5) is 26.5. The van der Waals surface area contributed by atoms with Crippen molar-refractivity contribution in [3.63, 3.8) is 0 Å². The van der Waals surface area contributed by atoms with Gasteiger partial charge in [-0.1, -0.05) is 53.5 Å². The molecule has 1 aliphatic heterocycles. The average molecular weight is 405 g/mol. The Morgan fingerprint density at radius 3 is 2.59 bits per heavy atom. The van der Waals surface area contributed by atoms with E-state index in [0.29, 0.717) is 42.5 Å². The van der Waals surface area contributed by atoms with Crippen molar-refractivity contribution in [2.45, 2.75) is 25.8 Å². The molecule has 0 saturated carbocycles. The molecule has 1 N–H and O–H groups in total. The molecule has 1 atom stereocenters. The van der Waals surface area contributed by atoms with E-state index in [0.717, 1.165) is 17.5 Å². The van der Waals surface area contributed by atoms with Gasteiger partial charge in [0.25, 0.3) is 0 Å². The van der Waals surface area contributed by atoms with Crippen molar-refractivity contribution in [2.75, 3.05) is 13.1 Å². The van der Waals surface area contributed by atoms with Crippen molar-refractivity contribution in [3.8, 4) is 0 Å².